The third kappa shape index (κ3) is 6.64. The Morgan fingerprint density at radius 3 is 1.18 bits per heavy atom. The molecule has 0 unspecified atom stereocenters. The largest absolute Gasteiger partial charge is 0.346 e. The molecular weight excluding hydrogens is 350 g/mol. The number of imidazole rings is 3. The Labute approximate surface area is 167 Å². The SMILES string of the molecule is Cc1ncc(CCCN(CCCc2cnc(C)[nH]2)CCCc2cnc(C)[nH]2)[nH]1. The zero-order chi connectivity index (χ0) is 19.8. The summed E-state index contributed by atoms with van der Waals surface area (Å²) in [6, 6.07) is 0. The summed E-state index contributed by atoms with van der Waals surface area (Å²) in [7, 11) is 0. The van der Waals surface area contributed by atoms with Crippen LogP contribution in [0.3, 0.4) is 0 Å². The van der Waals surface area contributed by atoms with Gasteiger partial charge in [-0.25, -0.2) is 15.0 Å². The molecule has 3 N–H and O–H groups in total. The van der Waals surface area contributed by atoms with Gasteiger partial charge in [0.15, 0.2) is 0 Å². The number of aryl methyl sites for hydroxylation is 6. The van der Waals surface area contributed by atoms with Crippen molar-refractivity contribution >= 4 is 0 Å². The van der Waals surface area contributed by atoms with Gasteiger partial charge in [0.2, 0.25) is 0 Å². The lowest BCUT2D eigenvalue weighted by atomic mass is 10.2. The average Bonchev–Trinajstić information content (AvgIpc) is 3.37. The topological polar surface area (TPSA) is 89.3 Å². The molecule has 7 heteroatoms. The Morgan fingerprint density at radius 2 is 0.929 bits per heavy atom. The standard InChI is InChI=1S/C21H33N7/c1-16-22-13-19(25-16)7-4-10-28(11-5-8-20-14-23-17(2)26-20)12-6-9-21-15-24-18(3)27-21/h13-15H,4-12H2,1-3H3,(H,22,25)(H,23,26)(H,24,27). The minimum atomic E-state index is 0.997. The molecule has 3 aromatic heterocycles. The van der Waals surface area contributed by atoms with E-state index in [1.807, 2.05) is 39.4 Å². The van der Waals surface area contributed by atoms with Crippen LogP contribution in [-0.2, 0) is 19.3 Å². The summed E-state index contributed by atoms with van der Waals surface area (Å²) >= 11 is 0. The van der Waals surface area contributed by atoms with Crippen LogP contribution in [0.25, 0.3) is 0 Å². The monoisotopic (exact) mass is 383 g/mol. The molecular formula is C21H33N7. The normalized spacial score (nSPS) is 11.6. The van der Waals surface area contributed by atoms with Gasteiger partial charge in [0, 0.05) is 35.7 Å². The number of rotatable bonds is 12. The Kier molecular flexibility index (Phi) is 7.42. The summed E-state index contributed by atoms with van der Waals surface area (Å²) in [5, 5.41) is 0. The number of hydrogen-bond donors (Lipinski definition) is 3. The van der Waals surface area contributed by atoms with E-state index < -0.39 is 0 Å². The fourth-order valence-corrected chi connectivity index (χ4v) is 3.61. The highest BCUT2D eigenvalue weighted by Gasteiger charge is 2.08. The minimum Gasteiger partial charge on any atom is -0.346 e. The van der Waals surface area contributed by atoms with Crippen molar-refractivity contribution in [2.75, 3.05) is 19.6 Å². The summed E-state index contributed by atoms with van der Waals surface area (Å²) < 4.78 is 0. The molecule has 0 aromatic carbocycles. The van der Waals surface area contributed by atoms with E-state index in [1.165, 1.54) is 17.1 Å². The maximum atomic E-state index is 4.30. The fourth-order valence-electron chi connectivity index (χ4n) is 3.61. The molecule has 3 rings (SSSR count). The van der Waals surface area contributed by atoms with Crippen molar-refractivity contribution in [3.8, 4) is 0 Å². The van der Waals surface area contributed by atoms with Crippen LogP contribution in [0, 0.1) is 20.8 Å². The van der Waals surface area contributed by atoms with Crippen molar-refractivity contribution in [3.63, 3.8) is 0 Å². The fraction of sp³-hybridized carbons (Fsp3) is 0.571. The van der Waals surface area contributed by atoms with Gasteiger partial charge in [-0.3, -0.25) is 0 Å². The molecule has 28 heavy (non-hydrogen) atoms. The first-order valence-corrected chi connectivity index (χ1v) is 10.3. The third-order valence-electron chi connectivity index (χ3n) is 5.03. The van der Waals surface area contributed by atoms with Gasteiger partial charge in [-0.1, -0.05) is 0 Å². The number of nitrogens with zero attached hydrogens (tertiary/aromatic N) is 4. The molecule has 3 aromatic rings. The second-order valence-electron chi connectivity index (χ2n) is 7.63. The van der Waals surface area contributed by atoms with Gasteiger partial charge in [-0.05, 0) is 78.9 Å². The van der Waals surface area contributed by atoms with Crippen molar-refractivity contribution in [1.29, 1.82) is 0 Å². The molecule has 152 valence electrons. The van der Waals surface area contributed by atoms with Crippen LogP contribution < -0.4 is 0 Å². The average molecular weight is 384 g/mol. The van der Waals surface area contributed by atoms with Gasteiger partial charge in [0.1, 0.15) is 17.5 Å². The van der Waals surface area contributed by atoms with Crippen LogP contribution in [0.1, 0.15) is 53.8 Å². The molecule has 0 spiro atoms. The second kappa shape index (κ2) is 10.2. The second-order valence-corrected chi connectivity index (χ2v) is 7.63. The number of nitrogens with one attached hydrogen (secondary N) is 3. The quantitative estimate of drug-likeness (QED) is 0.448. The Hall–Kier alpha value is -2.41. The first kappa shape index (κ1) is 20.3. The van der Waals surface area contributed by atoms with Crippen molar-refractivity contribution < 1.29 is 0 Å². The Bertz CT molecular complexity index is 719. The molecule has 0 atom stereocenters. The van der Waals surface area contributed by atoms with Gasteiger partial charge in [0.25, 0.3) is 0 Å². The van der Waals surface area contributed by atoms with Crippen LogP contribution in [0.4, 0.5) is 0 Å². The van der Waals surface area contributed by atoms with E-state index in [9.17, 15) is 0 Å². The highest BCUT2D eigenvalue weighted by molar-refractivity contribution is 5.01. The van der Waals surface area contributed by atoms with Crippen LogP contribution in [0.5, 0.6) is 0 Å². The lowest BCUT2D eigenvalue weighted by Crippen LogP contribution is -2.28. The first-order chi connectivity index (χ1) is 13.6. The van der Waals surface area contributed by atoms with E-state index in [-0.39, 0.29) is 0 Å². The molecule has 0 aliphatic rings. The zero-order valence-corrected chi connectivity index (χ0v) is 17.4. The van der Waals surface area contributed by atoms with Gasteiger partial charge < -0.3 is 19.9 Å². The molecule has 0 saturated carbocycles. The predicted molar refractivity (Wildman–Crippen MR) is 111 cm³/mol. The van der Waals surface area contributed by atoms with E-state index in [1.54, 1.807) is 0 Å². The Balaban J connectivity index is 1.43. The number of H-pyrrole nitrogens is 3. The lowest BCUT2D eigenvalue weighted by molar-refractivity contribution is 0.263. The molecule has 0 saturated heterocycles. The number of aromatic amines is 3. The van der Waals surface area contributed by atoms with Gasteiger partial charge >= 0.3 is 0 Å². The molecule has 0 radical (unpaired) electrons. The summed E-state index contributed by atoms with van der Waals surface area (Å²) in [6.07, 6.45) is 12.5. The van der Waals surface area contributed by atoms with E-state index in [0.29, 0.717) is 0 Å². The molecule has 7 nitrogen and oxygen atoms in total. The van der Waals surface area contributed by atoms with Crippen LogP contribution in [-0.4, -0.2) is 54.4 Å². The minimum absolute atomic E-state index is 0.997. The van der Waals surface area contributed by atoms with Crippen molar-refractivity contribution in [3.05, 3.63) is 53.1 Å². The lowest BCUT2D eigenvalue weighted by Gasteiger charge is -2.22. The maximum absolute atomic E-state index is 4.30. The zero-order valence-electron chi connectivity index (χ0n) is 17.4. The van der Waals surface area contributed by atoms with Gasteiger partial charge in [-0.15, -0.1) is 0 Å². The molecule has 0 fully saturated rings. The highest BCUT2D eigenvalue weighted by Crippen LogP contribution is 2.07. The smallest absolute Gasteiger partial charge is 0.103 e. The highest BCUT2D eigenvalue weighted by atomic mass is 15.1. The Morgan fingerprint density at radius 1 is 0.607 bits per heavy atom. The van der Waals surface area contributed by atoms with Crippen LogP contribution in [0.2, 0.25) is 0 Å². The van der Waals surface area contributed by atoms with E-state index in [4.69, 9.17) is 0 Å². The molecule has 0 amide bonds. The summed E-state index contributed by atoms with van der Waals surface area (Å²) in [5.41, 5.74) is 3.70. The van der Waals surface area contributed by atoms with Crippen molar-refractivity contribution in [2.45, 2.75) is 59.3 Å². The number of hydrogen-bond acceptors (Lipinski definition) is 4. The molecule has 0 aliphatic carbocycles. The van der Waals surface area contributed by atoms with E-state index >= 15 is 0 Å². The predicted octanol–water partition coefficient (Wildman–Crippen LogP) is 3.28. The first-order valence-electron chi connectivity index (χ1n) is 10.3. The van der Waals surface area contributed by atoms with Crippen molar-refractivity contribution in [1.82, 2.24) is 34.8 Å². The van der Waals surface area contributed by atoms with Gasteiger partial charge in [-0.2, -0.15) is 0 Å². The summed E-state index contributed by atoms with van der Waals surface area (Å²) in [4.78, 5) is 25.5. The van der Waals surface area contributed by atoms with E-state index in [0.717, 1.165) is 75.6 Å². The number of aromatic nitrogens is 6. The van der Waals surface area contributed by atoms with Crippen LogP contribution in [0.15, 0.2) is 18.6 Å². The van der Waals surface area contributed by atoms with Crippen LogP contribution >= 0.6 is 0 Å². The summed E-state index contributed by atoms with van der Waals surface area (Å²) in [6.45, 7) is 9.35. The maximum Gasteiger partial charge on any atom is 0.103 e. The molecule has 3 heterocycles. The summed E-state index contributed by atoms with van der Waals surface area (Å²) in [5.74, 6) is 2.99. The van der Waals surface area contributed by atoms with Crippen molar-refractivity contribution in [2.24, 2.45) is 0 Å². The van der Waals surface area contributed by atoms with Gasteiger partial charge in [0.05, 0.1) is 0 Å². The van der Waals surface area contributed by atoms with E-state index in [2.05, 4.69) is 34.8 Å². The molecule has 0 bridgehead atoms. The third-order valence-corrected chi connectivity index (χ3v) is 5.03. The molecule has 0 aliphatic heterocycles.